The molecule has 2 heterocycles. The van der Waals surface area contributed by atoms with Crippen LogP contribution in [0.4, 0.5) is 5.69 Å². The summed E-state index contributed by atoms with van der Waals surface area (Å²) in [6.45, 7) is 4.31. The van der Waals surface area contributed by atoms with Gasteiger partial charge in [-0.2, -0.15) is 5.10 Å². The third kappa shape index (κ3) is 3.88. The minimum Gasteiger partial charge on any atom is -0.494 e. The van der Waals surface area contributed by atoms with E-state index in [0.717, 1.165) is 22.5 Å². The lowest BCUT2D eigenvalue weighted by molar-refractivity contribution is -0.118. The van der Waals surface area contributed by atoms with Crippen LogP contribution < -0.4 is 14.8 Å². The van der Waals surface area contributed by atoms with E-state index < -0.39 is 0 Å². The van der Waals surface area contributed by atoms with Crippen molar-refractivity contribution in [2.75, 3.05) is 18.5 Å². The van der Waals surface area contributed by atoms with Gasteiger partial charge in [-0.25, -0.2) is 4.98 Å². The number of hydrogen-bond donors (Lipinski definition) is 1. The van der Waals surface area contributed by atoms with Crippen LogP contribution in [0.2, 0.25) is 0 Å². The monoisotopic (exact) mass is 340 g/mol. The van der Waals surface area contributed by atoms with E-state index in [2.05, 4.69) is 15.4 Å². The first-order chi connectivity index (χ1) is 12.1. The fourth-order valence-corrected chi connectivity index (χ4v) is 2.47. The third-order valence-corrected chi connectivity index (χ3v) is 3.60. The Bertz CT molecular complexity index is 887. The van der Waals surface area contributed by atoms with Gasteiger partial charge in [-0.15, -0.1) is 0 Å². The summed E-state index contributed by atoms with van der Waals surface area (Å²) in [5.74, 6) is 1.12. The number of anilines is 1. The molecule has 0 fully saturated rings. The van der Waals surface area contributed by atoms with Gasteiger partial charge in [0.25, 0.3) is 5.91 Å². The smallest absolute Gasteiger partial charge is 0.262 e. The molecule has 0 spiro atoms. The molecule has 0 aliphatic heterocycles. The Hall–Kier alpha value is -3.09. The van der Waals surface area contributed by atoms with Crippen LogP contribution in [0, 0.1) is 6.92 Å². The summed E-state index contributed by atoms with van der Waals surface area (Å²) >= 11 is 0. The van der Waals surface area contributed by atoms with Crippen LogP contribution in [0.3, 0.4) is 0 Å². The Balaban J connectivity index is 1.64. The summed E-state index contributed by atoms with van der Waals surface area (Å²) in [4.78, 5) is 16.5. The molecule has 0 bridgehead atoms. The van der Waals surface area contributed by atoms with Crippen molar-refractivity contribution in [3.05, 3.63) is 42.2 Å². The summed E-state index contributed by atoms with van der Waals surface area (Å²) in [6, 6.07) is 9.00. The molecule has 0 unspecified atom stereocenters. The number of pyridine rings is 1. The standard InChI is InChI=1S/C18H20N4O3/c1-4-24-14-7-5-13(6-8-14)21-17(23)11-25-16-9-12(2)20-18-15(16)10-19-22(18)3/h5-10H,4,11H2,1-3H3,(H,21,23). The van der Waals surface area contributed by atoms with Gasteiger partial charge in [0.2, 0.25) is 0 Å². The molecular weight excluding hydrogens is 320 g/mol. The summed E-state index contributed by atoms with van der Waals surface area (Å²) in [7, 11) is 1.82. The van der Waals surface area contributed by atoms with Crippen molar-refractivity contribution in [1.29, 1.82) is 0 Å². The van der Waals surface area contributed by atoms with E-state index in [9.17, 15) is 4.79 Å². The van der Waals surface area contributed by atoms with Gasteiger partial charge in [0.15, 0.2) is 12.3 Å². The summed E-state index contributed by atoms with van der Waals surface area (Å²) in [5.41, 5.74) is 2.22. The lowest BCUT2D eigenvalue weighted by atomic mass is 10.3. The quantitative estimate of drug-likeness (QED) is 0.746. The van der Waals surface area contributed by atoms with E-state index in [-0.39, 0.29) is 12.5 Å². The summed E-state index contributed by atoms with van der Waals surface area (Å²) < 4.78 is 12.7. The number of fused-ring (bicyclic) bond motifs is 1. The molecule has 0 saturated heterocycles. The highest BCUT2D eigenvalue weighted by Gasteiger charge is 2.11. The number of nitrogens with zero attached hydrogens (tertiary/aromatic N) is 3. The molecular formula is C18H20N4O3. The molecule has 0 atom stereocenters. The van der Waals surface area contributed by atoms with E-state index in [1.165, 1.54) is 0 Å². The van der Waals surface area contributed by atoms with E-state index in [4.69, 9.17) is 9.47 Å². The minimum absolute atomic E-state index is 0.0966. The maximum absolute atomic E-state index is 12.1. The number of hydrogen-bond acceptors (Lipinski definition) is 5. The van der Waals surface area contributed by atoms with Gasteiger partial charge in [-0.1, -0.05) is 0 Å². The minimum atomic E-state index is -0.240. The van der Waals surface area contributed by atoms with Gasteiger partial charge < -0.3 is 14.8 Å². The molecule has 1 amide bonds. The fourth-order valence-electron chi connectivity index (χ4n) is 2.47. The molecule has 25 heavy (non-hydrogen) atoms. The number of carbonyl (C=O) groups is 1. The first-order valence-electron chi connectivity index (χ1n) is 8.01. The predicted octanol–water partition coefficient (Wildman–Crippen LogP) is 2.69. The molecule has 1 aromatic carbocycles. The van der Waals surface area contributed by atoms with Gasteiger partial charge in [0, 0.05) is 24.5 Å². The summed E-state index contributed by atoms with van der Waals surface area (Å²) in [5, 5.41) is 7.75. The van der Waals surface area contributed by atoms with Gasteiger partial charge in [-0.3, -0.25) is 9.48 Å². The van der Waals surface area contributed by atoms with Crippen molar-refractivity contribution in [1.82, 2.24) is 14.8 Å². The number of ether oxygens (including phenoxy) is 2. The Morgan fingerprint density at radius 3 is 2.72 bits per heavy atom. The summed E-state index contributed by atoms with van der Waals surface area (Å²) in [6.07, 6.45) is 1.68. The van der Waals surface area contributed by atoms with E-state index in [0.29, 0.717) is 18.0 Å². The number of rotatable bonds is 6. The van der Waals surface area contributed by atoms with Crippen molar-refractivity contribution in [3.8, 4) is 11.5 Å². The number of amides is 1. The predicted molar refractivity (Wildman–Crippen MR) is 95.0 cm³/mol. The molecule has 0 saturated carbocycles. The van der Waals surface area contributed by atoms with Crippen LogP contribution in [0.5, 0.6) is 11.5 Å². The van der Waals surface area contributed by atoms with Crippen LogP contribution in [0.15, 0.2) is 36.5 Å². The van der Waals surface area contributed by atoms with Gasteiger partial charge in [0.1, 0.15) is 11.5 Å². The molecule has 0 radical (unpaired) electrons. The number of nitrogens with one attached hydrogen (secondary N) is 1. The highest BCUT2D eigenvalue weighted by atomic mass is 16.5. The van der Waals surface area contributed by atoms with Crippen LogP contribution >= 0.6 is 0 Å². The highest BCUT2D eigenvalue weighted by Crippen LogP contribution is 2.24. The topological polar surface area (TPSA) is 78.3 Å². The van der Waals surface area contributed by atoms with Crippen LogP contribution in [0.1, 0.15) is 12.6 Å². The number of aromatic nitrogens is 3. The van der Waals surface area contributed by atoms with Gasteiger partial charge in [-0.05, 0) is 38.1 Å². The zero-order chi connectivity index (χ0) is 17.8. The zero-order valence-corrected chi connectivity index (χ0v) is 14.4. The van der Waals surface area contributed by atoms with Crippen molar-refractivity contribution >= 4 is 22.6 Å². The number of carbonyl (C=O) groups excluding carboxylic acids is 1. The molecule has 7 heteroatoms. The molecule has 1 N–H and O–H groups in total. The van der Waals surface area contributed by atoms with Crippen molar-refractivity contribution in [2.24, 2.45) is 7.05 Å². The second-order valence-electron chi connectivity index (χ2n) is 5.56. The second-order valence-corrected chi connectivity index (χ2v) is 5.56. The largest absolute Gasteiger partial charge is 0.494 e. The molecule has 3 rings (SSSR count). The molecule has 7 nitrogen and oxygen atoms in total. The zero-order valence-electron chi connectivity index (χ0n) is 14.4. The first-order valence-corrected chi connectivity index (χ1v) is 8.01. The SMILES string of the molecule is CCOc1ccc(NC(=O)COc2cc(C)nc3c2cnn3C)cc1. The Morgan fingerprint density at radius 2 is 2.00 bits per heavy atom. The molecule has 2 aromatic heterocycles. The Morgan fingerprint density at radius 1 is 1.24 bits per heavy atom. The fraction of sp³-hybridized carbons (Fsp3) is 0.278. The normalized spacial score (nSPS) is 10.7. The van der Waals surface area contributed by atoms with E-state index >= 15 is 0 Å². The maximum Gasteiger partial charge on any atom is 0.262 e. The maximum atomic E-state index is 12.1. The number of benzene rings is 1. The first kappa shape index (κ1) is 16.8. The molecule has 130 valence electrons. The highest BCUT2D eigenvalue weighted by molar-refractivity contribution is 5.92. The van der Waals surface area contributed by atoms with Crippen LogP contribution in [0.25, 0.3) is 11.0 Å². The van der Waals surface area contributed by atoms with Crippen LogP contribution in [-0.4, -0.2) is 33.9 Å². The van der Waals surface area contributed by atoms with E-state index in [1.807, 2.05) is 33.0 Å². The lowest BCUT2D eigenvalue weighted by Gasteiger charge is -2.10. The van der Waals surface area contributed by atoms with Crippen molar-refractivity contribution < 1.29 is 14.3 Å². The molecule has 3 aromatic rings. The van der Waals surface area contributed by atoms with Crippen molar-refractivity contribution in [2.45, 2.75) is 13.8 Å². The van der Waals surface area contributed by atoms with Crippen molar-refractivity contribution in [3.63, 3.8) is 0 Å². The second kappa shape index (κ2) is 7.21. The Labute approximate surface area is 145 Å². The third-order valence-electron chi connectivity index (χ3n) is 3.60. The Kier molecular flexibility index (Phi) is 4.83. The van der Waals surface area contributed by atoms with Gasteiger partial charge in [0.05, 0.1) is 18.2 Å². The number of aryl methyl sites for hydroxylation is 2. The molecule has 0 aliphatic carbocycles. The average Bonchev–Trinajstić information content (AvgIpc) is 2.96. The van der Waals surface area contributed by atoms with E-state index in [1.54, 1.807) is 29.1 Å². The van der Waals surface area contributed by atoms with Crippen LogP contribution in [-0.2, 0) is 11.8 Å². The molecule has 0 aliphatic rings. The van der Waals surface area contributed by atoms with Gasteiger partial charge >= 0.3 is 0 Å². The lowest BCUT2D eigenvalue weighted by Crippen LogP contribution is -2.20. The average molecular weight is 340 g/mol.